The highest BCUT2D eigenvalue weighted by molar-refractivity contribution is 6.02. The number of nitrogens with one attached hydrogen (secondary N) is 1. The monoisotopic (exact) mass is 409 g/mol. The third-order valence-electron chi connectivity index (χ3n) is 5.23. The molecule has 150 valence electrons. The van der Waals surface area contributed by atoms with Crippen molar-refractivity contribution in [1.29, 1.82) is 0 Å². The van der Waals surface area contributed by atoms with Gasteiger partial charge >= 0.3 is 0 Å². The topological polar surface area (TPSA) is 97.1 Å². The van der Waals surface area contributed by atoms with Gasteiger partial charge < -0.3 is 14.5 Å². The number of anilines is 2. The van der Waals surface area contributed by atoms with Crippen LogP contribution in [0.2, 0.25) is 0 Å². The third kappa shape index (κ3) is 2.50. The van der Waals surface area contributed by atoms with Crippen LogP contribution >= 0.6 is 0 Å². The molecule has 4 aromatic rings. The van der Waals surface area contributed by atoms with Crippen molar-refractivity contribution in [3.05, 3.63) is 80.5 Å². The number of aryl methyl sites for hydroxylation is 1. The van der Waals surface area contributed by atoms with E-state index >= 15 is 0 Å². The van der Waals surface area contributed by atoms with Crippen LogP contribution < -0.4 is 10.5 Å². The molecule has 0 aliphatic carbocycles. The van der Waals surface area contributed by atoms with Gasteiger partial charge in [-0.15, -0.1) is 0 Å². The Balaban J connectivity index is 1.88. The summed E-state index contributed by atoms with van der Waals surface area (Å²) in [6.07, 6.45) is 4.32. The van der Waals surface area contributed by atoms with E-state index in [9.17, 15) is 23.7 Å². The molecule has 1 aromatic carbocycles. The third-order valence-corrected chi connectivity index (χ3v) is 5.23. The number of rotatable bonds is 2. The molecule has 0 atom stereocenters. The highest BCUT2D eigenvalue weighted by atomic mass is 19.1. The van der Waals surface area contributed by atoms with Crippen LogP contribution in [0, 0.1) is 21.7 Å². The molecule has 1 aliphatic rings. The second-order valence-electron chi connectivity index (χ2n) is 7.02. The maximum Gasteiger partial charge on any atom is 0.288 e. The van der Waals surface area contributed by atoms with E-state index in [0.29, 0.717) is 27.6 Å². The molecular weight excluding hydrogens is 396 g/mol. The molecule has 1 N–H and O–H groups in total. The number of pyridine rings is 2. The number of fused-ring (bicyclic) bond motifs is 2. The van der Waals surface area contributed by atoms with Crippen LogP contribution in [0.1, 0.15) is 5.56 Å². The zero-order valence-electron chi connectivity index (χ0n) is 15.5. The Bertz CT molecular complexity index is 1430. The molecule has 0 saturated carbocycles. The Morgan fingerprint density at radius 1 is 1.23 bits per heavy atom. The first kappa shape index (κ1) is 18.0. The van der Waals surface area contributed by atoms with Crippen molar-refractivity contribution in [2.24, 2.45) is 7.05 Å². The molecule has 0 saturated heterocycles. The molecule has 0 fully saturated rings. The summed E-state index contributed by atoms with van der Waals surface area (Å²) in [6, 6.07) is 4.53. The first-order valence-corrected chi connectivity index (χ1v) is 8.92. The standard InChI is InChI=1S/C20H13F2N5O3/c1-25-9-14-13-5-12(27(29)30)7-23-19(13)26(16-3-2-11(21)4-15(16)22)8-10-6-24-20(28)18(25)17(10)14/h2-7,9H,8H2,1H3,(H,24,28). The van der Waals surface area contributed by atoms with Crippen molar-refractivity contribution < 1.29 is 13.7 Å². The van der Waals surface area contributed by atoms with Crippen LogP contribution in [0.5, 0.6) is 0 Å². The largest absolute Gasteiger partial charge is 0.345 e. The zero-order valence-corrected chi connectivity index (χ0v) is 15.5. The Morgan fingerprint density at radius 2 is 2.03 bits per heavy atom. The van der Waals surface area contributed by atoms with Crippen LogP contribution in [0.25, 0.3) is 22.0 Å². The molecule has 3 aromatic heterocycles. The van der Waals surface area contributed by atoms with Crippen LogP contribution in [0.4, 0.5) is 26.0 Å². The fraction of sp³-hybridized carbons (Fsp3) is 0.100. The van der Waals surface area contributed by atoms with Crippen molar-refractivity contribution in [2.45, 2.75) is 6.54 Å². The van der Waals surface area contributed by atoms with Crippen molar-refractivity contribution in [1.82, 2.24) is 14.5 Å². The first-order valence-electron chi connectivity index (χ1n) is 8.92. The summed E-state index contributed by atoms with van der Waals surface area (Å²) in [7, 11) is 1.70. The van der Waals surface area contributed by atoms with E-state index in [-0.39, 0.29) is 29.3 Å². The normalized spacial score (nSPS) is 12.7. The molecule has 0 spiro atoms. The van der Waals surface area contributed by atoms with Crippen LogP contribution in [-0.4, -0.2) is 19.5 Å². The van der Waals surface area contributed by atoms with Gasteiger partial charge in [0.25, 0.3) is 11.2 Å². The van der Waals surface area contributed by atoms with Crippen molar-refractivity contribution in [3.8, 4) is 11.1 Å². The van der Waals surface area contributed by atoms with E-state index in [2.05, 4.69) is 9.97 Å². The van der Waals surface area contributed by atoms with Gasteiger partial charge in [0.05, 0.1) is 17.2 Å². The molecule has 0 amide bonds. The molecule has 8 nitrogen and oxygen atoms in total. The smallest absolute Gasteiger partial charge is 0.288 e. The SMILES string of the molecule is Cn1cc2c3c(c[nH]c(=O)c31)CN(c1ccc(F)cc1F)c1ncc([N+](=O)[O-])cc1-2. The van der Waals surface area contributed by atoms with Crippen LogP contribution in [0.15, 0.2) is 47.7 Å². The lowest BCUT2D eigenvalue weighted by molar-refractivity contribution is -0.385. The van der Waals surface area contributed by atoms with Crippen molar-refractivity contribution in [3.63, 3.8) is 0 Å². The maximum absolute atomic E-state index is 14.7. The minimum absolute atomic E-state index is 0.0629. The van der Waals surface area contributed by atoms with E-state index in [1.807, 2.05) is 0 Å². The van der Waals surface area contributed by atoms with Gasteiger partial charge in [0.1, 0.15) is 29.2 Å². The van der Waals surface area contributed by atoms with Crippen LogP contribution in [0.3, 0.4) is 0 Å². The number of aromatic nitrogens is 3. The predicted molar refractivity (Wildman–Crippen MR) is 106 cm³/mol. The fourth-order valence-electron chi connectivity index (χ4n) is 3.95. The average Bonchev–Trinajstić information content (AvgIpc) is 2.99. The van der Waals surface area contributed by atoms with Gasteiger partial charge in [-0.05, 0) is 17.7 Å². The Hall–Kier alpha value is -4.08. The van der Waals surface area contributed by atoms with E-state index in [4.69, 9.17) is 0 Å². The fourth-order valence-corrected chi connectivity index (χ4v) is 3.95. The second-order valence-corrected chi connectivity index (χ2v) is 7.02. The molecule has 5 rings (SSSR count). The number of hydrogen-bond acceptors (Lipinski definition) is 5. The second kappa shape index (κ2) is 6.21. The predicted octanol–water partition coefficient (Wildman–Crippen LogP) is 3.77. The lowest BCUT2D eigenvalue weighted by Crippen LogP contribution is -2.20. The van der Waals surface area contributed by atoms with E-state index < -0.39 is 16.6 Å². The average molecular weight is 409 g/mol. The number of benzene rings is 1. The lowest BCUT2D eigenvalue weighted by Gasteiger charge is -2.24. The summed E-state index contributed by atoms with van der Waals surface area (Å²) in [5, 5.41) is 12.0. The number of nitrogens with zero attached hydrogens (tertiary/aromatic N) is 4. The molecular formula is C20H13F2N5O3. The number of H-pyrrole nitrogens is 1. The number of halogens is 2. The molecule has 0 bridgehead atoms. The highest BCUT2D eigenvalue weighted by Gasteiger charge is 2.29. The van der Waals surface area contributed by atoms with Crippen LogP contribution in [-0.2, 0) is 13.6 Å². The van der Waals surface area contributed by atoms with E-state index in [1.54, 1.807) is 17.8 Å². The summed E-state index contributed by atoms with van der Waals surface area (Å²) < 4.78 is 29.8. The quantitative estimate of drug-likeness (QED) is 0.402. The van der Waals surface area contributed by atoms with Gasteiger partial charge in [-0.1, -0.05) is 0 Å². The van der Waals surface area contributed by atoms with Gasteiger partial charge in [-0.25, -0.2) is 13.8 Å². The van der Waals surface area contributed by atoms with Gasteiger partial charge in [0.2, 0.25) is 0 Å². The molecule has 1 aliphatic heterocycles. The summed E-state index contributed by atoms with van der Waals surface area (Å²) >= 11 is 0. The molecule has 10 heteroatoms. The summed E-state index contributed by atoms with van der Waals surface area (Å²) in [5.74, 6) is -1.26. The first-order chi connectivity index (χ1) is 14.3. The lowest BCUT2D eigenvalue weighted by atomic mass is 10.0. The van der Waals surface area contributed by atoms with E-state index in [1.165, 1.54) is 23.2 Å². The summed E-state index contributed by atoms with van der Waals surface area (Å²) in [6.45, 7) is 0.116. The summed E-state index contributed by atoms with van der Waals surface area (Å²) in [5.41, 5.74) is 1.52. The number of nitro groups is 1. The molecule has 30 heavy (non-hydrogen) atoms. The van der Waals surface area contributed by atoms with Gasteiger partial charge in [0, 0.05) is 48.1 Å². The van der Waals surface area contributed by atoms with Crippen molar-refractivity contribution >= 4 is 28.1 Å². The number of hydrogen-bond donors (Lipinski definition) is 1. The minimum atomic E-state index is -0.797. The van der Waals surface area contributed by atoms with E-state index in [0.717, 1.165) is 18.3 Å². The van der Waals surface area contributed by atoms with Crippen molar-refractivity contribution in [2.75, 3.05) is 4.90 Å². The maximum atomic E-state index is 14.7. The summed E-state index contributed by atoms with van der Waals surface area (Å²) in [4.78, 5) is 31.7. The van der Waals surface area contributed by atoms with Gasteiger partial charge in [-0.3, -0.25) is 14.9 Å². The Labute approximate surface area is 167 Å². The molecule has 4 heterocycles. The minimum Gasteiger partial charge on any atom is -0.345 e. The highest BCUT2D eigenvalue weighted by Crippen LogP contribution is 2.44. The molecule has 0 radical (unpaired) electrons. The van der Waals surface area contributed by atoms with Gasteiger partial charge in [0.15, 0.2) is 0 Å². The zero-order chi connectivity index (χ0) is 21.2. The Kier molecular flexibility index (Phi) is 3.72. The Morgan fingerprint density at radius 3 is 2.77 bits per heavy atom. The van der Waals surface area contributed by atoms with Gasteiger partial charge in [-0.2, -0.15) is 0 Å². The molecule has 0 unspecified atom stereocenters. The number of aromatic amines is 1.